The van der Waals surface area contributed by atoms with Gasteiger partial charge >= 0.3 is 11.9 Å². The highest BCUT2D eigenvalue weighted by Gasteiger charge is 2.38. The van der Waals surface area contributed by atoms with E-state index in [4.69, 9.17) is 5.73 Å². The van der Waals surface area contributed by atoms with E-state index >= 15 is 0 Å². The quantitative estimate of drug-likeness (QED) is 0.0289. The van der Waals surface area contributed by atoms with E-state index in [-0.39, 0.29) is 37.5 Å². The van der Waals surface area contributed by atoms with Crippen molar-refractivity contribution in [2.45, 2.75) is 199 Å². The van der Waals surface area contributed by atoms with Gasteiger partial charge in [0.2, 0.25) is 65.0 Å². The first kappa shape index (κ1) is 77.6. The van der Waals surface area contributed by atoms with Crippen LogP contribution in [0.25, 0.3) is 0 Å². The number of unbranched alkanes of at least 4 members (excludes halogenated alkanes) is 1. The molecule has 1 saturated heterocycles. The lowest BCUT2D eigenvalue weighted by Crippen LogP contribution is -2.62. The number of carboxylic acids is 2. The molecule has 18 N–H and O–H groups in total. The van der Waals surface area contributed by atoms with Crippen LogP contribution < -0.4 is 69.5 Å². The highest BCUT2D eigenvalue weighted by atomic mass is 32.2. The van der Waals surface area contributed by atoms with E-state index in [9.17, 15) is 77.6 Å². The molecule has 2 heterocycles. The van der Waals surface area contributed by atoms with E-state index in [0.717, 1.165) is 6.42 Å². The van der Waals surface area contributed by atoms with E-state index in [1.165, 1.54) is 31.2 Å². The zero-order chi connectivity index (χ0) is 67.1. The first-order chi connectivity index (χ1) is 42.0. The average molecular weight is 1280 g/mol. The summed E-state index contributed by atoms with van der Waals surface area (Å²) in [5.41, 5.74) is 6.05. The van der Waals surface area contributed by atoms with Crippen molar-refractivity contribution in [3.63, 3.8) is 0 Å². The Morgan fingerprint density at radius 2 is 1.13 bits per heavy atom. The second-order valence-corrected chi connectivity index (χ2v) is 24.1. The normalized spacial score (nSPS) is 17.0. The summed E-state index contributed by atoms with van der Waals surface area (Å²) in [7, 11) is 0. The van der Waals surface area contributed by atoms with Crippen LogP contribution in [0.3, 0.4) is 0 Å². The minimum Gasteiger partial charge on any atom is -0.481 e. The van der Waals surface area contributed by atoms with Gasteiger partial charge in [-0.15, -0.1) is 0 Å². The molecule has 0 bridgehead atoms. The van der Waals surface area contributed by atoms with E-state index in [2.05, 4.69) is 73.8 Å². The minimum atomic E-state index is -1.78. The molecule has 89 heavy (non-hydrogen) atoms. The van der Waals surface area contributed by atoms with Crippen molar-refractivity contribution >= 4 is 88.7 Å². The SMILES string of the molecule is CC[C@H](C)[C@H](NC(=O)[C@H](CCCCN)NC(=O)CNC(=O)[C@@H]1CCCN1)C(=O)N[C@@H](CO)C(=O)N[C@@H](Cc1cnc[nH]1)C(=O)N[C@H](C(=O)N[C@@H](CCSC)C(=O)N[C@@H](CC(C)C)C(=O)N[C@@H](CC(=O)O)C(=O)N[C@H](C(=O)N[C@@H](C)C(=O)O)C(C)C)[C@@H](C)CC. The van der Waals surface area contributed by atoms with Gasteiger partial charge in [0.25, 0.3) is 0 Å². The number of carboxylic acid groups (broad SMARTS) is 2. The van der Waals surface area contributed by atoms with Gasteiger partial charge in [0.05, 0.1) is 31.9 Å². The Morgan fingerprint density at radius 3 is 1.64 bits per heavy atom. The number of imidazole rings is 1. The Hall–Kier alpha value is -7.45. The fourth-order valence-electron chi connectivity index (χ4n) is 9.22. The number of thioether (sulfide) groups is 1. The molecule has 0 saturated carbocycles. The number of carbonyl (C=O) groups is 13. The lowest BCUT2D eigenvalue weighted by atomic mass is 9.96. The van der Waals surface area contributed by atoms with Crippen LogP contribution in [0.2, 0.25) is 0 Å². The molecule has 0 aliphatic carbocycles. The number of rotatable bonds is 42. The molecule has 0 unspecified atom stereocenters. The molecule has 31 nitrogen and oxygen atoms in total. The number of aliphatic hydroxyl groups is 1. The maximum absolute atomic E-state index is 14.5. The number of H-pyrrole nitrogens is 1. The van der Waals surface area contributed by atoms with Crippen molar-refractivity contribution < 1.29 is 77.6 Å². The second kappa shape index (κ2) is 40.2. The number of aromatic amines is 1. The summed E-state index contributed by atoms with van der Waals surface area (Å²) in [6, 6.07) is -14.7. The van der Waals surface area contributed by atoms with Crippen molar-refractivity contribution in [2.24, 2.45) is 29.4 Å². The van der Waals surface area contributed by atoms with E-state index in [1.54, 1.807) is 61.6 Å². The highest BCUT2D eigenvalue weighted by molar-refractivity contribution is 7.98. The lowest BCUT2D eigenvalue weighted by molar-refractivity contribution is -0.143. The van der Waals surface area contributed by atoms with Gasteiger partial charge in [0.15, 0.2) is 0 Å². The van der Waals surface area contributed by atoms with E-state index < -0.39 is 175 Å². The maximum atomic E-state index is 14.5. The second-order valence-electron chi connectivity index (χ2n) is 23.1. The lowest BCUT2D eigenvalue weighted by Gasteiger charge is -2.30. The standard InChI is InChI=1S/C57H97N15O16S/c1-11-31(7)45(55(85)65-37(18-21-89-10)48(78)66-38(22-29(3)4)50(80)68-40(24-43(75)76)52(82)70-44(30(5)6)54(84)63-33(9)57(87)88)72-51(81)39(23-34-25-59-28-62-34)67-53(83)41(27-73)69-56(86)46(32(8)12-2)71-49(79)36(16-13-14-19-58)64-42(74)26-61-47(77)35-17-15-20-60-35/h25,28-33,35-41,44-46,60,73H,11-24,26-27,58H2,1-10H3,(H,59,62)(H,61,77)(H,63,84)(H,64,74)(H,65,85)(H,66,78)(H,67,83)(H,68,80)(H,69,86)(H,70,82)(H,71,79)(H,72,81)(H,75,76)(H,87,88)/t31-,32-,33-,35-,36-,37-,38-,39-,40-,41-,44-,45-,46-/m0/s1. The molecule has 1 aliphatic rings. The first-order valence-corrected chi connectivity index (χ1v) is 31.7. The van der Waals surface area contributed by atoms with Crippen LogP contribution in [0.1, 0.15) is 132 Å². The third-order valence-corrected chi connectivity index (χ3v) is 15.6. The van der Waals surface area contributed by atoms with Gasteiger partial charge < -0.3 is 89.8 Å². The van der Waals surface area contributed by atoms with Crippen molar-refractivity contribution in [3.05, 3.63) is 18.2 Å². The van der Waals surface area contributed by atoms with Gasteiger partial charge in [0, 0.05) is 18.3 Å². The predicted molar refractivity (Wildman–Crippen MR) is 327 cm³/mol. The van der Waals surface area contributed by atoms with Crippen molar-refractivity contribution in [3.8, 4) is 0 Å². The predicted octanol–water partition coefficient (Wildman–Crippen LogP) is -3.08. The van der Waals surface area contributed by atoms with Crippen LogP contribution in [0.4, 0.5) is 0 Å². The molecular formula is C57H97N15O16S. The number of nitrogens with two attached hydrogens (primary N) is 1. The van der Waals surface area contributed by atoms with Gasteiger partial charge in [-0.2, -0.15) is 11.8 Å². The van der Waals surface area contributed by atoms with E-state index in [1.807, 2.05) is 0 Å². The van der Waals surface area contributed by atoms with Crippen LogP contribution in [0.15, 0.2) is 12.5 Å². The van der Waals surface area contributed by atoms with Crippen LogP contribution in [0, 0.1) is 23.7 Å². The summed E-state index contributed by atoms with van der Waals surface area (Å²) in [6.45, 7) is 14.1. The highest BCUT2D eigenvalue weighted by Crippen LogP contribution is 2.15. The molecule has 0 radical (unpaired) electrons. The summed E-state index contributed by atoms with van der Waals surface area (Å²) in [6.07, 6.45) is 6.32. The fraction of sp³-hybridized carbons (Fsp3) is 0.719. The number of hydrogen-bond acceptors (Lipinski definition) is 18. The molecule has 1 aromatic rings. The topological polar surface area (TPSA) is 482 Å². The molecular weight excluding hydrogens is 1180 g/mol. The Morgan fingerprint density at radius 1 is 0.629 bits per heavy atom. The average Bonchev–Trinajstić information content (AvgIpc) is 3.60. The zero-order valence-electron chi connectivity index (χ0n) is 52.7. The Kier molecular flexibility index (Phi) is 35.1. The monoisotopic (exact) mass is 1280 g/mol. The number of amides is 11. The summed E-state index contributed by atoms with van der Waals surface area (Å²) < 4.78 is 0. The van der Waals surface area contributed by atoms with Crippen molar-refractivity contribution in [1.29, 1.82) is 0 Å². The molecule has 502 valence electrons. The Labute approximate surface area is 523 Å². The van der Waals surface area contributed by atoms with Gasteiger partial charge in [-0.3, -0.25) is 62.3 Å². The fourth-order valence-corrected chi connectivity index (χ4v) is 9.69. The van der Waals surface area contributed by atoms with Crippen LogP contribution in [0.5, 0.6) is 0 Å². The molecule has 2 rings (SSSR count). The van der Waals surface area contributed by atoms with Crippen molar-refractivity contribution in [2.75, 3.05) is 38.2 Å². The number of aromatic nitrogens is 2. The third-order valence-electron chi connectivity index (χ3n) is 15.0. The zero-order valence-corrected chi connectivity index (χ0v) is 53.5. The summed E-state index contributed by atoms with van der Waals surface area (Å²) in [5, 5.41) is 60.6. The molecule has 1 aromatic heterocycles. The third kappa shape index (κ3) is 27.5. The molecule has 32 heteroatoms. The molecule has 0 aromatic carbocycles. The molecule has 1 fully saturated rings. The molecule has 11 amide bonds. The number of aliphatic hydroxyl groups excluding tert-OH is 1. The van der Waals surface area contributed by atoms with Crippen LogP contribution in [-0.2, 0) is 68.7 Å². The van der Waals surface area contributed by atoms with Crippen LogP contribution >= 0.6 is 11.8 Å². The van der Waals surface area contributed by atoms with Gasteiger partial charge in [0.1, 0.15) is 60.4 Å². The summed E-state index contributed by atoms with van der Waals surface area (Å²) in [5.74, 6) is -13.9. The summed E-state index contributed by atoms with van der Waals surface area (Å²) >= 11 is 1.33. The minimum absolute atomic E-state index is 0.00113. The molecule has 1 aliphatic heterocycles. The van der Waals surface area contributed by atoms with Crippen LogP contribution in [-0.4, -0.2) is 207 Å². The van der Waals surface area contributed by atoms with Crippen molar-refractivity contribution in [1.82, 2.24) is 73.8 Å². The Bertz CT molecular complexity index is 2520. The number of carbonyl (C=O) groups excluding carboxylic acids is 11. The number of nitrogens with zero attached hydrogens (tertiary/aromatic N) is 1. The first-order valence-electron chi connectivity index (χ1n) is 30.3. The van der Waals surface area contributed by atoms with Gasteiger partial charge in [-0.1, -0.05) is 68.2 Å². The largest absolute Gasteiger partial charge is 0.481 e. The summed E-state index contributed by atoms with van der Waals surface area (Å²) in [4.78, 5) is 182. The van der Waals surface area contributed by atoms with Gasteiger partial charge in [-0.05, 0) is 101 Å². The maximum Gasteiger partial charge on any atom is 0.325 e. The van der Waals surface area contributed by atoms with Gasteiger partial charge in [-0.25, -0.2) is 4.98 Å². The number of nitrogens with one attached hydrogen (secondary N) is 13. The smallest absolute Gasteiger partial charge is 0.325 e. The number of hydrogen-bond donors (Lipinski definition) is 17. The molecule has 13 atom stereocenters. The Balaban J connectivity index is 2.40. The van der Waals surface area contributed by atoms with E-state index in [0.29, 0.717) is 56.6 Å². The molecule has 0 spiro atoms. The number of aliphatic carboxylic acids is 2.